The van der Waals surface area contributed by atoms with Gasteiger partial charge in [-0.25, -0.2) is 0 Å². The van der Waals surface area contributed by atoms with E-state index in [0.717, 1.165) is 11.8 Å². The summed E-state index contributed by atoms with van der Waals surface area (Å²) in [4.78, 5) is 13.8. The second kappa shape index (κ2) is 5.30. The van der Waals surface area contributed by atoms with Crippen LogP contribution < -0.4 is 0 Å². The van der Waals surface area contributed by atoms with Gasteiger partial charge in [0.15, 0.2) is 6.29 Å². The highest BCUT2D eigenvalue weighted by Crippen LogP contribution is 2.24. The highest BCUT2D eigenvalue weighted by molar-refractivity contribution is 5.97. The first kappa shape index (κ1) is 12.8. The van der Waals surface area contributed by atoms with Crippen molar-refractivity contribution in [1.82, 2.24) is 4.98 Å². The van der Waals surface area contributed by atoms with Gasteiger partial charge in [0.25, 0.3) is 0 Å². The Morgan fingerprint density at radius 2 is 2.11 bits per heavy atom. The number of hydrogen-bond donors (Lipinski definition) is 4. The van der Waals surface area contributed by atoms with Crippen LogP contribution in [0.4, 0.5) is 0 Å². The van der Waals surface area contributed by atoms with Gasteiger partial charge in [-0.3, -0.25) is 4.79 Å². The molecular formula is C13H15NO4. The lowest BCUT2D eigenvalue weighted by molar-refractivity contribution is 0.00429. The van der Waals surface area contributed by atoms with E-state index >= 15 is 0 Å². The summed E-state index contributed by atoms with van der Waals surface area (Å²) in [5.41, 5.74) is 1.83. The van der Waals surface area contributed by atoms with Crippen LogP contribution in [-0.4, -0.2) is 39.3 Å². The average Bonchev–Trinajstić information content (AvgIpc) is 2.80. The largest absolute Gasteiger partial charge is 0.396 e. The SMILES string of the molecule is O=Cc1c[nH]c2ccc(C(O)C(O)CCO)cc12. The summed E-state index contributed by atoms with van der Waals surface area (Å²) in [7, 11) is 0. The van der Waals surface area contributed by atoms with Crippen LogP contribution >= 0.6 is 0 Å². The molecule has 0 amide bonds. The first-order valence-corrected chi connectivity index (χ1v) is 5.70. The van der Waals surface area contributed by atoms with E-state index in [9.17, 15) is 15.0 Å². The third-order valence-corrected chi connectivity index (χ3v) is 3.00. The minimum Gasteiger partial charge on any atom is -0.396 e. The van der Waals surface area contributed by atoms with Crippen molar-refractivity contribution in [2.75, 3.05) is 6.61 Å². The quantitative estimate of drug-likeness (QED) is 0.588. The number of carbonyl (C=O) groups excluding carboxylic acids is 1. The fraction of sp³-hybridized carbons (Fsp3) is 0.308. The summed E-state index contributed by atoms with van der Waals surface area (Å²) in [6.07, 6.45) is 0.339. The molecule has 96 valence electrons. The zero-order valence-electron chi connectivity index (χ0n) is 9.71. The first-order valence-electron chi connectivity index (χ1n) is 5.70. The third kappa shape index (κ3) is 2.28. The van der Waals surface area contributed by atoms with Crippen LogP contribution in [0.15, 0.2) is 24.4 Å². The van der Waals surface area contributed by atoms with Gasteiger partial charge >= 0.3 is 0 Å². The minimum atomic E-state index is -1.07. The van der Waals surface area contributed by atoms with Crippen molar-refractivity contribution in [1.29, 1.82) is 0 Å². The van der Waals surface area contributed by atoms with Crippen molar-refractivity contribution in [3.05, 3.63) is 35.5 Å². The maximum absolute atomic E-state index is 10.8. The van der Waals surface area contributed by atoms with E-state index in [1.54, 1.807) is 24.4 Å². The van der Waals surface area contributed by atoms with E-state index in [2.05, 4.69) is 4.98 Å². The second-order valence-electron chi connectivity index (χ2n) is 4.19. The maximum Gasteiger partial charge on any atom is 0.152 e. The van der Waals surface area contributed by atoms with Gasteiger partial charge in [-0.2, -0.15) is 0 Å². The van der Waals surface area contributed by atoms with Crippen LogP contribution in [0.1, 0.15) is 28.4 Å². The Labute approximate surface area is 104 Å². The van der Waals surface area contributed by atoms with Gasteiger partial charge < -0.3 is 20.3 Å². The number of benzene rings is 1. The highest BCUT2D eigenvalue weighted by atomic mass is 16.3. The molecule has 5 heteroatoms. The predicted molar refractivity (Wildman–Crippen MR) is 66.4 cm³/mol. The van der Waals surface area contributed by atoms with E-state index in [1.807, 2.05) is 0 Å². The molecule has 1 aromatic carbocycles. The Bertz CT molecular complexity index is 549. The fourth-order valence-corrected chi connectivity index (χ4v) is 1.95. The Balaban J connectivity index is 2.36. The van der Waals surface area contributed by atoms with Crippen molar-refractivity contribution >= 4 is 17.2 Å². The second-order valence-corrected chi connectivity index (χ2v) is 4.19. The van der Waals surface area contributed by atoms with Crippen molar-refractivity contribution in [2.45, 2.75) is 18.6 Å². The zero-order valence-corrected chi connectivity index (χ0v) is 9.71. The Kier molecular flexibility index (Phi) is 3.76. The summed E-state index contributed by atoms with van der Waals surface area (Å²) >= 11 is 0. The topological polar surface area (TPSA) is 93.6 Å². The first-order chi connectivity index (χ1) is 8.67. The monoisotopic (exact) mass is 249 g/mol. The van der Waals surface area contributed by atoms with E-state index in [1.165, 1.54) is 0 Å². The van der Waals surface area contributed by atoms with E-state index < -0.39 is 12.2 Å². The van der Waals surface area contributed by atoms with Gasteiger partial charge in [0, 0.05) is 29.3 Å². The number of rotatable bonds is 5. The summed E-state index contributed by atoms with van der Waals surface area (Å²) in [6, 6.07) is 5.09. The molecule has 2 unspecified atom stereocenters. The van der Waals surface area contributed by atoms with Gasteiger partial charge in [-0.1, -0.05) is 6.07 Å². The number of aliphatic hydroxyl groups excluding tert-OH is 3. The smallest absolute Gasteiger partial charge is 0.152 e. The van der Waals surface area contributed by atoms with E-state index in [-0.39, 0.29) is 13.0 Å². The molecule has 1 aromatic heterocycles. The van der Waals surface area contributed by atoms with Gasteiger partial charge in [0.05, 0.1) is 6.10 Å². The normalized spacial score (nSPS) is 14.6. The number of aromatic amines is 1. The predicted octanol–water partition coefficient (Wildman–Crippen LogP) is 0.757. The molecule has 2 atom stereocenters. The Morgan fingerprint density at radius 3 is 2.78 bits per heavy atom. The molecule has 0 aliphatic heterocycles. The van der Waals surface area contributed by atoms with Crippen LogP contribution in [0.3, 0.4) is 0 Å². The number of H-pyrrole nitrogens is 1. The number of nitrogens with one attached hydrogen (secondary N) is 1. The molecule has 0 spiro atoms. The standard InChI is InChI=1S/C13H15NO4/c15-4-3-12(17)13(18)8-1-2-11-10(5-8)9(7-16)6-14-11/h1-2,5-7,12-15,17-18H,3-4H2. The van der Waals surface area contributed by atoms with Crippen molar-refractivity contribution in [3.63, 3.8) is 0 Å². The van der Waals surface area contributed by atoms with Gasteiger partial charge in [-0.15, -0.1) is 0 Å². The van der Waals surface area contributed by atoms with Crippen molar-refractivity contribution < 1.29 is 20.1 Å². The Morgan fingerprint density at radius 1 is 1.33 bits per heavy atom. The molecule has 18 heavy (non-hydrogen) atoms. The van der Waals surface area contributed by atoms with Gasteiger partial charge in [0.2, 0.25) is 0 Å². The molecule has 4 N–H and O–H groups in total. The van der Waals surface area contributed by atoms with Crippen LogP contribution in [0.25, 0.3) is 10.9 Å². The van der Waals surface area contributed by atoms with Crippen LogP contribution in [0, 0.1) is 0 Å². The number of aldehydes is 1. The molecule has 0 bridgehead atoms. The number of carbonyl (C=O) groups is 1. The summed E-state index contributed by atoms with van der Waals surface area (Å²) < 4.78 is 0. The molecule has 0 aliphatic carbocycles. The summed E-state index contributed by atoms with van der Waals surface area (Å²) in [5, 5.41) is 29.0. The molecule has 0 saturated heterocycles. The number of fused-ring (bicyclic) bond motifs is 1. The molecule has 5 nitrogen and oxygen atoms in total. The number of aliphatic hydroxyl groups is 3. The molecule has 0 radical (unpaired) electrons. The summed E-state index contributed by atoms with van der Waals surface area (Å²) in [5.74, 6) is 0. The lowest BCUT2D eigenvalue weighted by Crippen LogP contribution is -2.19. The van der Waals surface area contributed by atoms with Crippen molar-refractivity contribution in [2.24, 2.45) is 0 Å². The number of hydrogen-bond acceptors (Lipinski definition) is 4. The van der Waals surface area contributed by atoms with E-state index in [4.69, 9.17) is 5.11 Å². The third-order valence-electron chi connectivity index (χ3n) is 3.00. The number of aromatic nitrogens is 1. The molecule has 2 aromatic rings. The lowest BCUT2D eigenvalue weighted by Gasteiger charge is -2.17. The van der Waals surface area contributed by atoms with E-state index in [0.29, 0.717) is 16.5 Å². The zero-order chi connectivity index (χ0) is 13.1. The lowest BCUT2D eigenvalue weighted by atomic mass is 10.00. The molecule has 0 fully saturated rings. The van der Waals surface area contributed by atoms with Gasteiger partial charge in [0.1, 0.15) is 6.10 Å². The minimum absolute atomic E-state index is 0.104. The maximum atomic E-state index is 10.8. The van der Waals surface area contributed by atoms with Crippen LogP contribution in [-0.2, 0) is 0 Å². The molecule has 0 aliphatic rings. The molecule has 1 heterocycles. The Hall–Kier alpha value is -1.69. The molecule has 2 rings (SSSR count). The summed E-state index contributed by atoms with van der Waals surface area (Å²) in [6.45, 7) is -0.190. The molecular weight excluding hydrogens is 234 g/mol. The van der Waals surface area contributed by atoms with Crippen LogP contribution in [0.2, 0.25) is 0 Å². The van der Waals surface area contributed by atoms with Gasteiger partial charge in [-0.05, 0) is 24.1 Å². The highest BCUT2D eigenvalue weighted by Gasteiger charge is 2.18. The average molecular weight is 249 g/mol. The molecule has 0 saturated carbocycles. The van der Waals surface area contributed by atoms with Crippen LogP contribution in [0.5, 0.6) is 0 Å². The van der Waals surface area contributed by atoms with Crippen molar-refractivity contribution in [3.8, 4) is 0 Å². The fourth-order valence-electron chi connectivity index (χ4n) is 1.95.